The zero-order valence-corrected chi connectivity index (χ0v) is 14.7. The molecule has 1 aliphatic carbocycles. The molecule has 1 heterocycles. The Morgan fingerprint density at radius 3 is 2.70 bits per heavy atom. The van der Waals surface area contributed by atoms with Crippen molar-refractivity contribution in [2.45, 2.75) is 32.8 Å². The number of nitrogens with zero attached hydrogens (tertiary/aromatic N) is 2. The van der Waals surface area contributed by atoms with E-state index < -0.39 is 0 Å². The van der Waals surface area contributed by atoms with Gasteiger partial charge in [0.2, 0.25) is 0 Å². The number of ether oxygens (including phenoxy) is 2. The molecule has 1 N–H and O–H groups in total. The second-order valence-corrected chi connectivity index (χ2v) is 6.70. The molecule has 2 aliphatic rings. The van der Waals surface area contributed by atoms with E-state index in [4.69, 9.17) is 9.47 Å². The molecule has 0 amide bonds. The molecular formula is C16H21BN3O2P. The highest BCUT2D eigenvalue weighted by Crippen LogP contribution is 2.36. The van der Waals surface area contributed by atoms with E-state index in [9.17, 15) is 0 Å². The fraction of sp³-hybridized carbons (Fsp3) is 0.438. The topological polar surface area (TPSA) is 55.2 Å². The minimum absolute atomic E-state index is 0.215. The van der Waals surface area contributed by atoms with Gasteiger partial charge in [0.1, 0.15) is 6.10 Å². The first kappa shape index (κ1) is 16.1. The smallest absolute Gasteiger partial charge is 0.261 e. The Bertz CT molecular complexity index is 684. The summed E-state index contributed by atoms with van der Waals surface area (Å²) >= 11 is 0. The van der Waals surface area contributed by atoms with Crippen LogP contribution in [0.15, 0.2) is 28.4 Å². The maximum Gasteiger partial charge on any atom is 0.261 e. The maximum absolute atomic E-state index is 6.08. The van der Waals surface area contributed by atoms with E-state index in [1.54, 1.807) is 7.11 Å². The van der Waals surface area contributed by atoms with Gasteiger partial charge in [0.05, 0.1) is 12.8 Å². The third-order valence-electron chi connectivity index (χ3n) is 4.16. The number of hydrogen-bond donors (Lipinski definition) is 1. The van der Waals surface area contributed by atoms with E-state index in [0.29, 0.717) is 5.92 Å². The Balaban J connectivity index is 1.50. The van der Waals surface area contributed by atoms with E-state index in [2.05, 4.69) is 31.3 Å². The van der Waals surface area contributed by atoms with Gasteiger partial charge in [-0.05, 0) is 44.4 Å². The largest absolute Gasteiger partial charge is 0.493 e. The molecule has 7 heteroatoms. The third kappa shape index (κ3) is 3.76. The van der Waals surface area contributed by atoms with Crippen LogP contribution in [0.25, 0.3) is 0 Å². The lowest BCUT2D eigenvalue weighted by molar-refractivity contribution is 0.0907. The molecule has 1 saturated carbocycles. The van der Waals surface area contributed by atoms with Crippen LogP contribution in [-0.2, 0) is 0 Å². The van der Waals surface area contributed by atoms with Crippen LogP contribution in [0.3, 0.4) is 0 Å². The number of aryl methyl sites for hydroxylation is 1. The fourth-order valence-electron chi connectivity index (χ4n) is 2.74. The minimum atomic E-state index is 0.215. The van der Waals surface area contributed by atoms with Gasteiger partial charge in [-0.3, -0.25) is 0 Å². The zero-order chi connectivity index (χ0) is 16.4. The normalized spacial score (nSPS) is 22.4. The molecule has 0 spiro atoms. The Kier molecular flexibility index (Phi) is 4.72. The SMILES string of the molecule is COc1ccc(C)cc1OC1CC(C(=P)NC2=NN=C(C)B2)C1. The molecular weight excluding hydrogens is 308 g/mol. The van der Waals surface area contributed by atoms with E-state index in [0.717, 1.165) is 48.4 Å². The summed E-state index contributed by atoms with van der Waals surface area (Å²) in [5, 5.41) is 11.5. The molecule has 0 unspecified atom stereocenters. The summed E-state index contributed by atoms with van der Waals surface area (Å²) in [5.41, 5.74) is 4.16. The van der Waals surface area contributed by atoms with Crippen molar-refractivity contribution < 1.29 is 9.47 Å². The summed E-state index contributed by atoms with van der Waals surface area (Å²) in [6.07, 6.45) is 2.15. The van der Waals surface area contributed by atoms with Crippen LogP contribution < -0.4 is 14.8 Å². The lowest BCUT2D eigenvalue weighted by atomic mass is 9.72. The van der Waals surface area contributed by atoms with Crippen molar-refractivity contribution in [3.8, 4) is 11.5 Å². The molecule has 1 aromatic rings. The molecule has 0 bridgehead atoms. The van der Waals surface area contributed by atoms with Crippen molar-refractivity contribution in [3.05, 3.63) is 23.8 Å². The molecule has 0 atom stereocenters. The van der Waals surface area contributed by atoms with Crippen molar-refractivity contribution in [3.63, 3.8) is 0 Å². The van der Waals surface area contributed by atoms with Crippen molar-refractivity contribution in [1.82, 2.24) is 5.32 Å². The molecule has 5 nitrogen and oxygen atoms in total. The average molecular weight is 329 g/mol. The van der Waals surface area contributed by atoms with E-state index in [-0.39, 0.29) is 6.10 Å². The number of hydrogen-bond acceptors (Lipinski definition) is 4. The molecule has 0 saturated heterocycles. The summed E-state index contributed by atoms with van der Waals surface area (Å²) in [6, 6.07) is 6.00. The highest BCUT2D eigenvalue weighted by atomic mass is 31.0. The van der Waals surface area contributed by atoms with Crippen LogP contribution in [0.4, 0.5) is 0 Å². The number of methoxy groups -OCH3 is 1. The van der Waals surface area contributed by atoms with Gasteiger partial charge >= 0.3 is 0 Å². The molecule has 23 heavy (non-hydrogen) atoms. The molecule has 0 radical (unpaired) electrons. The van der Waals surface area contributed by atoms with Gasteiger partial charge in [-0.1, -0.05) is 14.9 Å². The van der Waals surface area contributed by atoms with Crippen molar-refractivity contribution >= 4 is 32.9 Å². The van der Waals surface area contributed by atoms with Crippen LogP contribution in [0.5, 0.6) is 11.5 Å². The monoisotopic (exact) mass is 329 g/mol. The van der Waals surface area contributed by atoms with Crippen molar-refractivity contribution in [2.24, 2.45) is 16.1 Å². The lowest BCUT2D eigenvalue weighted by Crippen LogP contribution is -2.45. The van der Waals surface area contributed by atoms with E-state index in [1.165, 1.54) is 5.56 Å². The zero-order valence-electron chi connectivity index (χ0n) is 13.7. The van der Waals surface area contributed by atoms with E-state index in [1.807, 2.05) is 25.1 Å². The predicted molar refractivity (Wildman–Crippen MR) is 99.0 cm³/mol. The summed E-state index contributed by atoms with van der Waals surface area (Å²) in [6.45, 7) is 4.03. The second kappa shape index (κ2) is 6.75. The molecule has 3 rings (SSSR count). The standard InChI is InChI=1S/C16H21BN3O2P/c1-9-4-5-13(21-3)14(6-9)22-12-7-11(8-12)15(23)18-16-17-10(2)19-20-16/h4-6,11-12,17,23H,7-8H2,1-3H3,(H,18,20). The number of benzene rings is 1. The van der Waals surface area contributed by atoms with Crippen LogP contribution >= 0.6 is 8.86 Å². The fourth-order valence-corrected chi connectivity index (χ4v) is 3.12. The van der Waals surface area contributed by atoms with Gasteiger partial charge in [0, 0.05) is 16.9 Å². The van der Waals surface area contributed by atoms with Gasteiger partial charge < -0.3 is 14.8 Å². The predicted octanol–water partition coefficient (Wildman–Crippen LogP) is 2.16. The Morgan fingerprint density at radius 2 is 2.04 bits per heavy atom. The Hall–Kier alpha value is -1.81. The van der Waals surface area contributed by atoms with Crippen LogP contribution in [0.2, 0.25) is 0 Å². The molecule has 120 valence electrons. The first-order valence-electron chi connectivity index (χ1n) is 7.82. The van der Waals surface area contributed by atoms with Crippen LogP contribution in [0, 0.1) is 12.8 Å². The van der Waals surface area contributed by atoms with Crippen LogP contribution in [-0.4, -0.2) is 37.3 Å². The number of rotatable bonds is 5. The van der Waals surface area contributed by atoms with Gasteiger partial charge in [-0.15, -0.1) is 5.10 Å². The third-order valence-corrected chi connectivity index (χ3v) is 4.69. The summed E-state index contributed by atoms with van der Waals surface area (Å²) in [5.74, 6) is 2.05. The van der Waals surface area contributed by atoms with Crippen LogP contribution in [0.1, 0.15) is 25.3 Å². The number of nitrogens with one attached hydrogen (secondary N) is 1. The van der Waals surface area contributed by atoms with E-state index >= 15 is 0 Å². The first-order chi connectivity index (χ1) is 11.0. The van der Waals surface area contributed by atoms with Gasteiger partial charge in [0.15, 0.2) is 11.5 Å². The molecule has 1 fully saturated rings. The average Bonchev–Trinajstić information content (AvgIpc) is 2.87. The summed E-state index contributed by atoms with van der Waals surface area (Å²) in [4.78, 5) is 0. The van der Waals surface area contributed by atoms with Gasteiger partial charge in [0.25, 0.3) is 7.28 Å². The Morgan fingerprint density at radius 1 is 1.26 bits per heavy atom. The molecule has 1 aliphatic heterocycles. The quantitative estimate of drug-likeness (QED) is 0.665. The molecule has 1 aromatic carbocycles. The summed E-state index contributed by atoms with van der Waals surface area (Å²) < 4.78 is 11.4. The van der Waals surface area contributed by atoms with Gasteiger partial charge in [-0.25, -0.2) is 0 Å². The lowest BCUT2D eigenvalue weighted by Gasteiger charge is -2.36. The Labute approximate surface area is 139 Å². The highest BCUT2D eigenvalue weighted by molar-refractivity contribution is 7.21. The first-order valence-corrected chi connectivity index (χ1v) is 8.32. The van der Waals surface area contributed by atoms with Crippen molar-refractivity contribution in [2.75, 3.05) is 7.11 Å². The molecule has 0 aromatic heterocycles. The van der Waals surface area contributed by atoms with Gasteiger partial charge in [-0.2, -0.15) is 5.10 Å². The second-order valence-electron chi connectivity index (χ2n) is 6.16. The highest BCUT2D eigenvalue weighted by Gasteiger charge is 2.34. The van der Waals surface area contributed by atoms with Crippen molar-refractivity contribution in [1.29, 1.82) is 0 Å². The minimum Gasteiger partial charge on any atom is -0.493 e. The maximum atomic E-state index is 6.08. The number of amidine groups is 1. The summed E-state index contributed by atoms with van der Waals surface area (Å²) in [7, 11) is 6.15.